The van der Waals surface area contributed by atoms with Crippen LogP contribution in [0.2, 0.25) is 0 Å². The second-order valence-corrected chi connectivity index (χ2v) is 10.5. The molecule has 0 aromatic heterocycles. The summed E-state index contributed by atoms with van der Waals surface area (Å²) < 4.78 is 5.28. The van der Waals surface area contributed by atoms with E-state index in [9.17, 15) is 4.79 Å². The summed E-state index contributed by atoms with van der Waals surface area (Å²) in [7, 11) is 0. The minimum Gasteiger partial charge on any atom is -0.444 e. The highest BCUT2D eigenvalue weighted by molar-refractivity contribution is 5.68. The maximum Gasteiger partial charge on any atom is 0.407 e. The van der Waals surface area contributed by atoms with Crippen LogP contribution in [0, 0.1) is 0 Å². The van der Waals surface area contributed by atoms with Gasteiger partial charge in [-0.2, -0.15) is 0 Å². The predicted molar refractivity (Wildman–Crippen MR) is 118 cm³/mol. The first-order valence-electron chi connectivity index (χ1n) is 12.0. The van der Waals surface area contributed by atoms with E-state index in [0.717, 1.165) is 38.0 Å². The Labute approximate surface area is 177 Å². The van der Waals surface area contributed by atoms with Gasteiger partial charge in [-0.1, -0.05) is 12.8 Å². The summed E-state index contributed by atoms with van der Waals surface area (Å²) in [6.45, 7) is 10.4. The van der Waals surface area contributed by atoms with Gasteiger partial charge in [-0.15, -0.1) is 0 Å². The van der Waals surface area contributed by atoms with Crippen molar-refractivity contribution in [3.63, 3.8) is 0 Å². The first-order valence-corrected chi connectivity index (χ1v) is 12.0. The fraction of sp³-hybridized carbons (Fsp3) is 0.957. The van der Waals surface area contributed by atoms with Crippen LogP contribution in [0.4, 0.5) is 4.79 Å². The molecule has 0 aromatic carbocycles. The number of likely N-dealkylation sites (tertiary alicyclic amines) is 2. The molecule has 6 nitrogen and oxygen atoms in total. The van der Waals surface area contributed by atoms with Gasteiger partial charge in [0.1, 0.15) is 5.60 Å². The van der Waals surface area contributed by atoms with Crippen LogP contribution in [0.25, 0.3) is 0 Å². The Morgan fingerprint density at radius 2 is 1.28 bits per heavy atom. The lowest BCUT2D eigenvalue weighted by Gasteiger charge is -2.41. The smallest absolute Gasteiger partial charge is 0.407 e. The number of hydrogen-bond donors (Lipinski definition) is 2. The van der Waals surface area contributed by atoms with Gasteiger partial charge in [-0.25, -0.2) is 4.79 Å². The first-order chi connectivity index (χ1) is 13.8. The Balaban J connectivity index is 0.000000186. The van der Waals surface area contributed by atoms with Crippen molar-refractivity contribution in [2.75, 3.05) is 26.2 Å². The minimum absolute atomic E-state index is 0.274. The van der Waals surface area contributed by atoms with Gasteiger partial charge in [0.25, 0.3) is 0 Å². The lowest BCUT2D eigenvalue weighted by atomic mass is 9.89. The summed E-state index contributed by atoms with van der Waals surface area (Å²) in [4.78, 5) is 16.9. The van der Waals surface area contributed by atoms with Crippen LogP contribution in [0.1, 0.15) is 85.0 Å². The van der Waals surface area contributed by atoms with Crippen molar-refractivity contribution >= 4 is 6.09 Å². The van der Waals surface area contributed by atoms with Crippen LogP contribution < -0.4 is 11.1 Å². The van der Waals surface area contributed by atoms with Crippen LogP contribution >= 0.6 is 0 Å². The van der Waals surface area contributed by atoms with Crippen LogP contribution in [0.15, 0.2) is 0 Å². The summed E-state index contributed by atoms with van der Waals surface area (Å²) in [6, 6.07) is 2.54. The van der Waals surface area contributed by atoms with Gasteiger partial charge >= 0.3 is 6.09 Å². The molecule has 2 heterocycles. The fourth-order valence-electron chi connectivity index (χ4n) is 4.67. The van der Waals surface area contributed by atoms with E-state index >= 15 is 0 Å². The van der Waals surface area contributed by atoms with E-state index < -0.39 is 5.60 Å². The molecule has 0 spiro atoms. The summed E-state index contributed by atoms with van der Waals surface area (Å²) in [5, 5.41) is 2.98. The highest BCUT2D eigenvalue weighted by Gasteiger charge is 2.30. The molecule has 4 aliphatic rings. The van der Waals surface area contributed by atoms with Crippen molar-refractivity contribution in [1.82, 2.24) is 15.1 Å². The molecule has 0 aromatic rings. The molecule has 3 N–H and O–H groups in total. The topological polar surface area (TPSA) is 70.8 Å². The van der Waals surface area contributed by atoms with Gasteiger partial charge in [0, 0.05) is 37.3 Å². The molecule has 0 radical (unpaired) electrons. The SMILES string of the molecule is CC(C)(C)OC(=O)NC1CCN(C2CCC2)CC1.NC1CCN(C2CCC2)CC1. The number of rotatable bonds is 3. The molecule has 29 heavy (non-hydrogen) atoms. The third-order valence-electron chi connectivity index (χ3n) is 7.01. The molecule has 0 bridgehead atoms. The number of carbonyl (C=O) groups is 1. The maximum atomic E-state index is 11.7. The van der Waals surface area contributed by atoms with E-state index in [1.807, 2.05) is 20.8 Å². The molecule has 0 unspecified atom stereocenters. The first kappa shape index (κ1) is 22.8. The van der Waals surface area contributed by atoms with Crippen molar-refractivity contribution in [2.24, 2.45) is 5.73 Å². The summed E-state index contributed by atoms with van der Waals surface area (Å²) in [6.07, 6.45) is 12.7. The number of amides is 1. The second kappa shape index (κ2) is 10.5. The Morgan fingerprint density at radius 3 is 1.66 bits per heavy atom. The summed E-state index contributed by atoms with van der Waals surface area (Å²) in [5.41, 5.74) is 5.42. The van der Waals surface area contributed by atoms with Crippen molar-refractivity contribution in [3.8, 4) is 0 Å². The Morgan fingerprint density at radius 1 is 0.828 bits per heavy atom. The molecule has 4 fully saturated rings. The lowest BCUT2D eigenvalue weighted by Crippen LogP contribution is -2.50. The van der Waals surface area contributed by atoms with Gasteiger partial charge in [0.15, 0.2) is 0 Å². The number of alkyl carbamates (subject to hydrolysis) is 1. The normalized spacial score (nSPS) is 26.1. The monoisotopic (exact) mass is 408 g/mol. The lowest BCUT2D eigenvalue weighted by molar-refractivity contribution is 0.0444. The fourth-order valence-corrected chi connectivity index (χ4v) is 4.67. The average molecular weight is 409 g/mol. The van der Waals surface area contributed by atoms with Crippen LogP contribution in [0.3, 0.4) is 0 Å². The van der Waals surface area contributed by atoms with E-state index in [0.29, 0.717) is 6.04 Å². The number of nitrogens with two attached hydrogens (primary N) is 1. The Kier molecular flexibility index (Phi) is 8.23. The van der Waals surface area contributed by atoms with Gasteiger partial charge in [0.05, 0.1) is 0 Å². The Bertz CT molecular complexity index is 497. The van der Waals surface area contributed by atoms with E-state index in [1.165, 1.54) is 64.5 Å². The highest BCUT2D eigenvalue weighted by Crippen LogP contribution is 2.28. The third-order valence-corrected chi connectivity index (χ3v) is 7.01. The largest absolute Gasteiger partial charge is 0.444 e. The number of nitrogens with zero attached hydrogens (tertiary/aromatic N) is 2. The molecule has 0 atom stereocenters. The zero-order chi connectivity index (χ0) is 20.9. The number of nitrogens with one attached hydrogen (secondary N) is 1. The zero-order valence-electron chi connectivity index (χ0n) is 19.0. The van der Waals surface area contributed by atoms with E-state index in [4.69, 9.17) is 10.5 Å². The molecule has 2 saturated carbocycles. The number of piperidine rings is 2. The Hall–Kier alpha value is -0.850. The minimum atomic E-state index is -0.406. The maximum absolute atomic E-state index is 11.7. The number of hydrogen-bond acceptors (Lipinski definition) is 5. The van der Waals surface area contributed by atoms with Crippen LogP contribution in [-0.2, 0) is 4.74 Å². The van der Waals surface area contributed by atoms with Crippen molar-refractivity contribution < 1.29 is 9.53 Å². The van der Waals surface area contributed by atoms with Crippen molar-refractivity contribution in [1.29, 1.82) is 0 Å². The average Bonchev–Trinajstić information content (AvgIpc) is 2.54. The highest BCUT2D eigenvalue weighted by atomic mass is 16.6. The van der Waals surface area contributed by atoms with Gasteiger partial charge < -0.3 is 25.6 Å². The van der Waals surface area contributed by atoms with Crippen LogP contribution in [0.5, 0.6) is 0 Å². The molecule has 2 saturated heterocycles. The number of ether oxygens (including phenoxy) is 1. The molecular weight excluding hydrogens is 364 g/mol. The van der Waals surface area contributed by atoms with Crippen molar-refractivity contribution in [3.05, 3.63) is 0 Å². The summed E-state index contributed by atoms with van der Waals surface area (Å²) in [5.74, 6) is 0. The molecule has 1 amide bonds. The molecule has 2 aliphatic heterocycles. The van der Waals surface area contributed by atoms with Gasteiger partial charge in [-0.3, -0.25) is 0 Å². The molecule has 2 aliphatic carbocycles. The predicted octanol–water partition coefficient (Wildman–Crippen LogP) is 3.49. The molecule has 6 heteroatoms. The van der Waals surface area contributed by atoms with Crippen LogP contribution in [-0.4, -0.2) is 71.8 Å². The number of carbonyl (C=O) groups excluding carboxylic acids is 1. The van der Waals surface area contributed by atoms with E-state index in [2.05, 4.69) is 15.1 Å². The molecule has 4 rings (SSSR count). The van der Waals surface area contributed by atoms with Crippen molar-refractivity contribution in [2.45, 2.75) is 115 Å². The second-order valence-electron chi connectivity index (χ2n) is 10.5. The van der Waals surface area contributed by atoms with Gasteiger partial charge in [0.2, 0.25) is 0 Å². The quantitative estimate of drug-likeness (QED) is 0.748. The summed E-state index contributed by atoms with van der Waals surface area (Å²) >= 11 is 0. The third kappa shape index (κ3) is 7.41. The zero-order valence-corrected chi connectivity index (χ0v) is 19.0. The molecular formula is C23H44N4O2. The standard InChI is InChI=1S/C14H26N2O2.C9H18N2/c1-14(2,3)18-13(17)15-11-7-9-16(10-8-11)12-5-4-6-12;10-8-4-6-11(7-5-8)9-2-1-3-9/h11-12H,4-10H2,1-3H3,(H,15,17);8-9H,1-7,10H2. The van der Waals surface area contributed by atoms with E-state index in [-0.39, 0.29) is 12.1 Å². The van der Waals surface area contributed by atoms with Gasteiger partial charge in [-0.05, 0) is 85.2 Å². The molecule has 168 valence electrons. The van der Waals surface area contributed by atoms with E-state index in [1.54, 1.807) is 0 Å².